The van der Waals surface area contributed by atoms with Gasteiger partial charge in [0.15, 0.2) is 0 Å². The van der Waals surface area contributed by atoms with Crippen LogP contribution in [0.2, 0.25) is 0 Å². The van der Waals surface area contributed by atoms with Crippen LogP contribution < -0.4 is 10.1 Å². The Labute approximate surface area is 168 Å². The third-order valence-corrected chi connectivity index (χ3v) is 5.76. The Balaban J connectivity index is 1.25. The van der Waals surface area contributed by atoms with Crippen LogP contribution in [0, 0.1) is 0 Å². The number of carbonyl (C=O) groups excluding carboxylic acids is 1. The molecule has 1 atom stereocenters. The zero-order valence-corrected chi connectivity index (χ0v) is 16.7. The molecule has 1 aliphatic heterocycles. The van der Waals surface area contributed by atoms with Crippen molar-refractivity contribution in [2.75, 3.05) is 19.7 Å². The molecule has 0 spiro atoms. The average Bonchev–Trinajstić information content (AvgIpc) is 3.42. The molecule has 1 aliphatic rings. The quantitative estimate of drug-likeness (QED) is 0.636. The van der Waals surface area contributed by atoms with Crippen molar-refractivity contribution < 1.29 is 9.53 Å². The second-order valence-electron chi connectivity index (χ2n) is 6.91. The summed E-state index contributed by atoms with van der Waals surface area (Å²) in [6.45, 7) is 2.48. The molecule has 3 aromatic rings. The molecular formula is C21H24N4O2S. The minimum absolute atomic E-state index is 0.149. The number of hydrogen-bond acceptors (Lipinski definition) is 5. The zero-order chi connectivity index (χ0) is 19.3. The third-order valence-electron chi connectivity index (χ3n) is 4.86. The van der Waals surface area contributed by atoms with Crippen molar-refractivity contribution in [2.24, 2.45) is 7.05 Å². The number of aryl methyl sites for hydroxylation is 1. The number of para-hydroxylation sites is 1. The van der Waals surface area contributed by atoms with E-state index in [1.807, 2.05) is 53.0 Å². The van der Waals surface area contributed by atoms with E-state index in [0.717, 1.165) is 17.1 Å². The Morgan fingerprint density at radius 2 is 2.11 bits per heavy atom. The number of benzene rings is 1. The first-order chi connectivity index (χ1) is 13.7. The van der Waals surface area contributed by atoms with E-state index in [1.54, 1.807) is 11.3 Å². The van der Waals surface area contributed by atoms with Gasteiger partial charge in [0.05, 0.1) is 22.8 Å². The molecule has 1 amide bonds. The van der Waals surface area contributed by atoms with Crippen LogP contribution in [0.25, 0.3) is 10.6 Å². The molecule has 7 heteroatoms. The third kappa shape index (κ3) is 4.43. The molecule has 1 N–H and O–H groups in total. The van der Waals surface area contributed by atoms with Crippen LogP contribution in [0.3, 0.4) is 0 Å². The monoisotopic (exact) mass is 396 g/mol. The fourth-order valence-corrected chi connectivity index (χ4v) is 4.20. The summed E-state index contributed by atoms with van der Waals surface area (Å²) in [6, 6.07) is 16.1. The van der Waals surface area contributed by atoms with Gasteiger partial charge in [0.1, 0.15) is 12.4 Å². The second-order valence-corrected chi connectivity index (χ2v) is 7.85. The number of hydrogen-bond donors (Lipinski definition) is 1. The largest absolute Gasteiger partial charge is 0.492 e. The van der Waals surface area contributed by atoms with Crippen LogP contribution in [0.1, 0.15) is 12.1 Å². The number of nitrogens with one attached hydrogen (secondary N) is 1. The highest BCUT2D eigenvalue weighted by molar-refractivity contribution is 7.13. The highest BCUT2D eigenvalue weighted by atomic mass is 32.1. The fourth-order valence-electron chi connectivity index (χ4n) is 3.43. The van der Waals surface area contributed by atoms with Crippen molar-refractivity contribution in [2.45, 2.75) is 19.0 Å². The van der Waals surface area contributed by atoms with E-state index in [-0.39, 0.29) is 11.9 Å². The van der Waals surface area contributed by atoms with Crippen LogP contribution in [0.4, 0.5) is 0 Å². The SMILES string of the molecule is Cn1nc(CNC2CC(=O)N(CCOc3ccccc3)C2)cc1-c1cccs1. The van der Waals surface area contributed by atoms with Crippen molar-refractivity contribution in [1.82, 2.24) is 20.0 Å². The number of nitrogens with zero attached hydrogens (tertiary/aromatic N) is 3. The number of ether oxygens (including phenoxy) is 1. The van der Waals surface area contributed by atoms with Gasteiger partial charge in [-0.25, -0.2) is 0 Å². The van der Waals surface area contributed by atoms with Gasteiger partial charge in [0, 0.05) is 32.6 Å². The van der Waals surface area contributed by atoms with Gasteiger partial charge in [-0.15, -0.1) is 11.3 Å². The van der Waals surface area contributed by atoms with Crippen molar-refractivity contribution in [3.63, 3.8) is 0 Å². The summed E-state index contributed by atoms with van der Waals surface area (Å²) >= 11 is 1.71. The van der Waals surface area contributed by atoms with Gasteiger partial charge >= 0.3 is 0 Å². The van der Waals surface area contributed by atoms with Gasteiger partial charge in [0.25, 0.3) is 0 Å². The molecule has 1 aromatic carbocycles. The molecule has 0 radical (unpaired) electrons. The maximum absolute atomic E-state index is 12.3. The predicted molar refractivity (Wildman–Crippen MR) is 110 cm³/mol. The van der Waals surface area contributed by atoms with E-state index in [2.05, 4.69) is 27.9 Å². The number of likely N-dealkylation sites (tertiary alicyclic amines) is 1. The topological polar surface area (TPSA) is 59.4 Å². The van der Waals surface area contributed by atoms with Crippen LogP contribution in [0.15, 0.2) is 53.9 Å². The molecule has 28 heavy (non-hydrogen) atoms. The van der Waals surface area contributed by atoms with E-state index >= 15 is 0 Å². The minimum Gasteiger partial charge on any atom is -0.492 e. The summed E-state index contributed by atoms with van der Waals surface area (Å²) in [5, 5.41) is 10.1. The molecule has 0 bridgehead atoms. The first kappa shape index (κ1) is 18.7. The molecule has 146 valence electrons. The summed E-state index contributed by atoms with van der Waals surface area (Å²) in [4.78, 5) is 15.3. The Morgan fingerprint density at radius 3 is 2.89 bits per heavy atom. The van der Waals surface area contributed by atoms with Gasteiger partial charge in [-0.2, -0.15) is 5.10 Å². The molecule has 1 unspecified atom stereocenters. The number of rotatable bonds is 8. The Hall–Kier alpha value is -2.64. The Bertz CT molecular complexity index is 908. The predicted octanol–water partition coefficient (Wildman–Crippen LogP) is 2.92. The van der Waals surface area contributed by atoms with Crippen molar-refractivity contribution in [1.29, 1.82) is 0 Å². The van der Waals surface area contributed by atoms with Crippen LogP contribution in [-0.2, 0) is 18.4 Å². The summed E-state index contributed by atoms with van der Waals surface area (Å²) in [5.41, 5.74) is 2.11. The van der Waals surface area contributed by atoms with Crippen LogP contribution in [-0.4, -0.2) is 46.3 Å². The van der Waals surface area contributed by atoms with Crippen molar-refractivity contribution in [3.8, 4) is 16.3 Å². The molecular weight excluding hydrogens is 372 g/mol. The average molecular weight is 397 g/mol. The first-order valence-corrected chi connectivity index (χ1v) is 10.3. The zero-order valence-electron chi connectivity index (χ0n) is 15.9. The normalized spacial score (nSPS) is 16.7. The molecule has 2 aromatic heterocycles. The summed E-state index contributed by atoms with van der Waals surface area (Å²) < 4.78 is 7.62. The summed E-state index contributed by atoms with van der Waals surface area (Å²) in [7, 11) is 1.96. The molecule has 3 heterocycles. The van der Waals surface area contributed by atoms with Crippen LogP contribution in [0.5, 0.6) is 5.75 Å². The first-order valence-electron chi connectivity index (χ1n) is 9.45. The highest BCUT2D eigenvalue weighted by Crippen LogP contribution is 2.25. The van der Waals surface area contributed by atoms with Gasteiger partial charge in [-0.05, 0) is 29.6 Å². The molecule has 6 nitrogen and oxygen atoms in total. The second kappa shape index (κ2) is 8.58. The van der Waals surface area contributed by atoms with E-state index in [4.69, 9.17) is 4.74 Å². The smallest absolute Gasteiger partial charge is 0.224 e. The number of carbonyl (C=O) groups is 1. The van der Waals surface area contributed by atoms with Crippen LogP contribution >= 0.6 is 11.3 Å². The summed E-state index contributed by atoms with van der Waals surface area (Å²) in [5.74, 6) is 1.01. The lowest BCUT2D eigenvalue weighted by Crippen LogP contribution is -2.34. The molecule has 1 fully saturated rings. The number of amides is 1. The van der Waals surface area contributed by atoms with Gasteiger partial charge in [-0.3, -0.25) is 9.48 Å². The van der Waals surface area contributed by atoms with Gasteiger partial charge in [-0.1, -0.05) is 24.3 Å². The molecule has 1 saturated heterocycles. The minimum atomic E-state index is 0.149. The standard InChI is InChI=1S/C21H24N4O2S/c1-24-19(20-8-5-11-28-20)12-16(23-24)14-22-17-13-21(26)25(15-17)9-10-27-18-6-3-2-4-7-18/h2-8,11-12,17,22H,9-10,13-15H2,1H3. The lowest BCUT2D eigenvalue weighted by atomic mass is 10.2. The maximum atomic E-state index is 12.3. The lowest BCUT2D eigenvalue weighted by Gasteiger charge is -2.17. The van der Waals surface area contributed by atoms with Gasteiger partial charge in [0.2, 0.25) is 5.91 Å². The Morgan fingerprint density at radius 1 is 1.25 bits per heavy atom. The highest BCUT2D eigenvalue weighted by Gasteiger charge is 2.29. The molecule has 0 aliphatic carbocycles. The number of thiophene rings is 1. The Kier molecular flexibility index (Phi) is 5.73. The fraction of sp³-hybridized carbons (Fsp3) is 0.333. The molecule has 0 saturated carbocycles. The van der Waals surface area contributed by atoms with Crippen molar-refractivity contribution in [3.05, 3.63) is 59.6 Å². The van der Waals surface area contributed by atoms with E-state index in [0.29, 0.717) is 32.7 Å². The van der Waals surface area contributed by atoms with E-state index < -0.39 is 0 Å². The maximum Gasteiger partial charge on any atom is 0.224 e. The lowest BCUT2D eigenvalue weighted by molar-refractivity contribution is -0.128. The van der Waals surface area contributed by atoms with E-state index in [1.165, 1.54) is 4.88 Å². The van der Waals surface area contributed by atoms with Gasteiger partial charge < -0.3 is 15.0 Å². The van der Waals surface area contributed by atoms with Crippen molar-refractivity contribution >= 4 is 17.2 Å². The number of aromatic nitrogens is 2. The molecule has 4 rings (SSSR count). The van der Waals surface area contributed by atoms with E-state index in [9.17, 15) is 4.79 Å². The summed E-state index contributed by atoms with van der Waals surface area (Å²) in [6.07, 6.45) is 0.524.